The number of fused-ring (bicyclic) bond motifs is 1. The second-order valence-corrected chi connectivity index (χ2v) is 7.73. The minimum atomic E-state index is -0.323. The van der Waals surface area contributed by atoms with E-state index in [1.54, 1.807) is 24.4 Å². The number of hydrogen-bond acceptors (Lipinski definition) is 5. The van der Waals surface area contributed by atoms with E-state index in [4.69, 9.17) is 21.1 Å². The van der Waals surface area contributed by atoms with E-state index in [0.717, 1.165) is 31.2 Å². The topological polar surface area (TPSA) is 94.5 Å². The van der Waals surface area contributed by atoms with Gasteiger partial charge in [0.15, 0.2) is 11.5 Å². The van der Waals surface area contributed by atoms with Gasteiger partial charge in [-0.3, -0.25) is 14.3 Å². The average molecular weight is 431 g/mol. The number of aromatic nitrogens is 2. The number of rotatable bonds is 6. The lowest BCUT2D eigenvalue weighted by molar-refractivity contribution is -0.122. The number of benzene rings is 1. The number of amides is 2. The van der Waals surface area contributed by atoms with Crippen LogP contribution in [-0.4, -0.2) is 40.9 Å². The second kappa shape index (κ2) is 9.21. The summed E-state index contributed by atoms with van der Waals surface area (Å²) in [7, 11) is 0. The maximum absolute atomic E-state index is 12.2. The summed E-state index contributed by atoms with van der Waals surface area (Å²) in [4.78, 5) is 24.3. The van der Waals surface area contributed by atoms with Gasteiger partial charge >= 0.3 is 0 Å². The lowest BCUT2D eigenvalue weighted by atomic mass is 10.1. The molecule has 9 heteroatoms. The van der Waals surface area contributed by atoms with Crippen LogP contribution >= 0.6 is 11.6 Å². The zero-order valence-electron chi connectivity index (χ0n) is 16.4. The van der Waals surface area contributed by atoms with E-state index in [1.807, 2.05) is 0 Å². The van der Waals surface area contributed by atoms with Gasteiger partial charge in [0.1, 0.15) is 19.8 Å². The Bertz CT molecular complexity index is 966. The number of ether oxygens (including phenoxy) is 2. The summed E-state index contributed by atoms with van der Waals surface area (Å²) in [5.74, 6) is 0.689. The fourth-order valence-electron chi connectivity index (χ4n) is 3.59. The highest BCUT2D eigenvalue weighted by Gasteiger charge is 2.18. The van der Waals surface area contributed by atoms with Gasteiger partial charge in [0.05, 0.1) is 16.9 Å². The second-order valence-electron chi connectivity index (χ2n) is 7.32. The van der Waals surface area contributed by atoms with Gasteiger partial charge in [-0.15, -0.1) is 0 Å². The Kier molecular flexibility index (Phi) is 6.23. The molecule has 1 aromatic heterocycles. The van der Waals surface area contributed by atoms with Crippen molar-refractivity contribution in [3.05, 3.63) is 41.2 Å². The summed E-state index contributed by atoms with van der Waals surface area (Å²) >= 11 is 6.21. The number of nitrogens with one attached hydrogen (secondary N) is 2. The summed E-state index contributed by atoms with van der Waals surface area (Å²) in [5, 5.41) is 10.3. The molecule has 1 fully saturated rings. The van der Waals surface area contributed by atoms with Gasteiger partial charge in [0.25, 0.3) is 0 Å². The number of anilines is 1. The van der Waals surface area contributed by atoms with Crippen molar-refractivity contribution in [2.45, 2.75) is 38.3 Å². The first-order valence-corrected chi connectivity index (χ1v) is 10.3. The van der Waals surface area contributed by atoms with Crippen LogP contribution in [0.1, 0.15) is 31.2 Å². The Morgan fingerprint density at radius 1 is 1.23 bits per heavy atom. The SMILES string of the molecule is O=C(/C=C/c1cc(Cl)c2c(c1)OCCO2)Nc1cnn(CC(=O)NC2CCCC2)c1. The monoisotopic (exact) mass is 430 g/mol. The van der Waals surface area contributed by atoms with Gasteiger partial charge < -0.3 is 20.1 Å². The third-order valence-corrected chi connectivity index (χ3v) is 5.25. The predicted molar refractivity (Wildman–Crippen MR) is 113 cm³/mol. The molecule has 2 aliphatic rings. The van der Waals surface area contributed by atoms with Gasteiger partial charge in [0.2, 0.25) is 11.8 Å². The van der Waals surface area contributed by atoms with Gasteiger partial charge in [0, 0.05) is 18.3 Å². The molecule has 0 unspecified atom stereocenters. The molecule has 0 spiro atoms. The van der Waals surface area contributed by atoms with E-state index in [2.05, 4.69) is 15.7 Å². The molecule has 1 aliphatic carbocycles. The summed E-state index contributed by atoms with van der Waals surface area (Å²) in [5.41, 5.74) is 1.23. The smallest absolute Gasteiger partial charge is 0.248 e. The molecule has 2 aromatic rings. The summed E-state index contributed by atoms with van der Waals surface area (Å²) in [6.07, 6.45) is 10.6. The molecule has 1 aromatic carbocycles. The lowest BCUT2D eigenvalue weighted by Gasteiger charge is -2.19. The first kappa shape index (κ1) is 20.3. The molecule has 8 nitrogen and oxygen atoms in total. The van der Waals surface area contributed by atoms with Crippen LogP contribution in [0.5, 0.6) is 11.5 Å². The van der Waals surface area contributed by atoms with Crippen LogP contribution in [0.15, 0.2) is 30.6 Å². The van der Waals surface area contributed by atoms with Crippen molar-refractivity contribution in [3.63, 3.8) is 0 Å². The Labute approximate surface area is 179 Å². The van der Waals surface area contributed by atoms with E-state index < -0.39 is 0 Å². The fraction of sp³-hybridized carbons (Fsp3) is 0.381. The van der Waals surface area contributed by atoms with E-state index in [-0.39, 0.29) is 24.4 Å². The average Bonchev–Trinajstić information content (AvgIpc) is 3.38. The molecule has 30 heavy (non-hydrogen) atoms. The van der Waals surface area contributed by atoms with Crippen LogP contribution in [0.25, 0.3) is 6.08 Å². The van der Waals surface area contributed by atoms with E-state index in [1.165, 1.54) is 17.0 Å². The molecule has 158 valence electrons. The van der Waals surface area contributed by atoms with Crippen LogP contribution in [0, 0.1) is 0 Å². The van der Waals surface area contributed by atoms with Crippen molar-refractivity contribution in [3.8, 4) is 11.5 Å². The Hall–Kier alpha value is -3.00. The number of carbonyl (C=O) groups is 2. The molecular weight excluding hydrogens is 408 g/mol. The van der Waals surface area contributed by atoms with Crippen LogP contribution < -0.4 is 20.1 Å². The van der Waals surface area contributed by atoms with Crippen molar-refractivity contribution in [2.24, 2.45) is 0 Å². The Morgan fingerprint density at radius 3 is 2.87 bits per heavy atom. The van der Waals surface area contributed by atoms with Crippen molar-refractivity contribution in [1.29, 1.82) is 0 Å². The maximum atomic E-state index is 12.2. The van der Waals surface area contributed by atoms with Crippen molar-refractivity contribution in [1.82, 2.24) is 15.1 Å². The molecule has 1 saturated carbocycles. The first-order chi connectivity index (χ1) is 14.6. The summed E-state index contributed by atoms with van der Waals surface area (Å²) in [6, 6.07) is 3.75. The highest BCUT2D eigenvalue weighted by Crippen LogP contribution is 2.38. The van der Waals surface area contributed by atoms with E-state index >= 15 is 0 Å². The Morgan fingerprint density at radius 2 is 2.03 bits per heavy atom. The normalized spacial score (nSPS) is 16.0. The number of hydrogen-bond donors (Lipinski definition) is 2. The van der Waals surface area contributed by atoms with Gasteiger partial charge in [-0.05, 0) is 36.6 Å². The van der Waals surface area contributed by atoms with Crippen molar-refractivity contribution in [2.75, 3.05) is 18.5 Å². The number of nitrogens with zero attached hydrogens (tertiary/aromatic N) is 2. The first-order valence-electron chi connectivity index (χ1n) is 9.97. The fourth-order valence-corrected chi connectivity index (χ4v) is 3.86. The molecular formula is C21H23ClN4O4. The maximum Gasteiger partial charge on any atom is 0.248 e. The van der Waals surface area contributed by atoms with E-state index in [9.17, 15) is 9.59 Å². The zero-order chi connectivity index (χ0) is 20.9. The van der Waals surface area contributed by atoms with Crippen molar-refractivity contribution < 1.29 is 19.1 Å². The molecule has 2 heterocycles. The standard InChI is InChI=1S/C21H23ClN4O4/c22-17-9-14(10-18-21(17)30-8-7-29-18)5-6-19(27)25-16-11-23-26(12-16)13-20(28)24-15-3-1-2-4-15/h5-6,9-12,15H,1-4,7-8,13H2,(H,24,28)(H,25,27)/b6-5+. The molecule has 1 aliphatic heterocycles. The van der Waals surface area contributed by atoms with Gasteiger partial charge in [-0.25, -0.2) is 0 Å². The zero-order valence-corrected chi connectivity index (χ0v) is 17.2. The lowest BCUT2D eigenvalue weighted by Crippen LogP contribution is -2.35. The molecule has 0 radical (unpaired) electrons. The molecule has 2 amide bonds. The summed E-state index contributed by atoms with van der Waals surface area (Å²) in [6.45, 7) is 1.04. The molecule has 4 rings (SSSR count). The Balaban J connectivity index is 1.31. The van der Waals surface area contributed by atoms with Gasteiger partial charge in [-0.2, -0.15) is 5.10 Å². The number of carbonyl (C=O) groups excluding carboxylic acids is 2. The van der Waals surface area contributed by atoms with Crippen LogP contribution in [0.2, 0.25) is 5.02 Å². The molecule has 2 N–H and O–H groups in total. The number of halogens is 1. The highest BCUT2D eigenvalue weighted by molar-refractivity contribution is 6.32. The van der Waals surface area contributed by atoms with Gasteiger partial charge in [-0.1, -0.05) is 24.4 Å². The quantitative estimate of drug-likeness (QED) is 0.687. The molecule has 0 bridgehead atoms. The third-order valence-electron chi connectivity index (χ3n) is 4.97. The van der Waals surface area contributed by atoms with Crippen LogP contribution in [0.4, 0.5) is 5.69 Å². The predicted octanol–water partition coefficient (Wildman–Crippen LogP) is 3.02. The summed E-state index contributed by atoms with van der Waals surface area (Å²) < 4.78 is 12.5. The van der Waals surface area contributed by atoms with Crippen LogP contribution in [0.3, 0.4) is 0 Å². The third kappa shape index (κ3) is 5.13. The highest BCUT2D eigenvalue weighted by atomic mass is 35.5. The molecule has 0 saturated heterocycles. The minimum absolute atomic E-state index is 0.0711. The van der Waals surface area contributed by atoms with E-state index in [0.29, 0.717) is 35.4 Å². The largest absolute Gasteiger partial charge is 0.486 e. The minimum Gasteiger partial charge on any atom is -0.486 e. The van der Waals surface area contributed by atoms with Crippen molar-refractivity contribution >= 4 is 35.2 Å². The van der Waals surface area contributed by atoms with Crippen LogP contribution in [-0.2, 0) is 16.1 Å². The molecule has 0 atom stereocenters.